The molecule has 0 bridgehead atoms. The molecular weight excluding hydrogens is 979 g/mol. The Morgan fingerprint density at radius 3 is 1.28 bits per heavy atom. The van der Waals surface area contributed by atoms with E-state index in [4.69, 9.17) is 47.4 Å². The average Bonchev–Trinajstić information content (AvgIpc) is 3.47. The van der Waals surface area contributed by atoms with Gasteiger partial charge in [-0.2, -0.15) is 0 Å². The van der Waals surface area contributed by atoms with Gasteiger partial charge in [-0.1, -0.05) is 127 Å². The zero-order valence-electron chi connectivity index (χ0n) is 41.2. The molecule has 2 aliphatic rings. The first-order valence-corrected chi connectivity index (χ1v) is 24.4. The molecule has 6 aromatic rings. The monoisotopic (exact) mass is 1030 g/mol. The van der Waals surface area contributed by atoms with Crippen molar-refractivity contribution in [2.75, 3.05) is 19.8 Å². The van der Waals surface area contributed by atoms with Crippen LogP contribution in [0.15, 0.2) is 195 Å². The van der Waals surface area contributed by atoms with E-state index in [0.717, 1.165) is 5.56 Å². The van der Waals surface area contributed by atoms with Crippen molar-refractivity contribution in [1.29, 1.82) is 0 Å². The van der Waals surface area contributed by atoms with Gasteiger partial charge in [-0.15, -0.1) is 6.58 Å². The minimum atomic E-state index is -1.87. The smallest absolute Gasteiger partial charge is 0.338 e. The molecule has 2 saturated heterocycles. The Morgan fingerprint density at radius 1 is 0.461 bits per heavy atom. The van der Waals surface area contributed by atoms with Gasteiger partial charge in [0.15, 0.2) is 30.9 Å². The number of hydrogen-bond acceptors (Lipinski definition) is 16. The lowest BCUT2D eigenvalue weighted by Gasteiger charge is -2.49. The van der Waals surface area contributed by atoms with Crippen molar-refractivity contribution in [3.63, 3.8) is 0 Å². The number of rotatable bonds is 21. The third-order valence-corrected chi connectivity index (χ3v) is 12.1. The Hall–Kier alpha value is -8.32. The summed E-state index contributed by atoms with van der Waals surface area (Å²) in [5.41, 5.74) is 1.38. The van der Waals surface area contributed by atoms with E-state index in [2.05, 4.69) is 11.9 Å². The summed E-state index contributed by atoms with van der Waals surface area (Å²) in [6, 6.07) is 48.0. The van der Waals surface area contributed by atoms with Crippen molar-refractivity contribution < 1.29 is 76.1 Å². The van der Waals surface area contributed by atoms with Crippen LogP contribution in [-0.2, 0) is 58.8 Å². The molecule has 8 rings (SSSR count). The largest absolute Gasteiger partial charge is 0.459 e. The van der Waals surface area contributed by atoms with E-state index in [9.17, 15) is 28.8 Å². The predicted molar refractivity (Wildman–Crippen MR) is 271 cm³/mol. The van der Waals surface area contributed by atoms with E-state index in [-0.39, 0.29) is 41.0 Å². The molecule has 1 N–H and O–H groups in total. The Balaban J connectivity index is 1.25. The van der Waals surface area contributed by atoms with Gasteiger partial charge in [-0.3, -0.25) is 4.79 Å². The summed E-state index contributed by atoms with van der Waals surface area (Å²) in [6.07, 6.45) is -12.7. The normalized spacial score (nSPS) is 22.9. The molecule has 1 amide bonds. The van der Waals surface area contributed by atoms with Gasteiger partial charge in [-0.25, -0.2) is 24.0 Å². The van der Waals surface area contributed by atoms with Crippen molar-refractivity contribution in [3.8, 4) is 0 Å². The zero-order valence-corrected chi connectivity index (χ0v) is 41.2. The van der Waals surface area contributed by atoms with Crippen LogP contribution in [0.2, 0.25) is 0 Å². The number of esters is 5. The van der Waals surface area contributed by atoms with Crippen LogP contribution >= 0.6 is 0 Å². The number of amides is 1. The fourth-order valence-electron chi connectivity index (χ4n) is 8.47. The van der Waals surface area contributed by atoms with Gasteiger partial charge < -0.3 is 52.7 Å². The van der Waals surface area contributed by atoms with Crippen molar-refractivity contribution in [1.82, 2.24) is 5.32 Å². The SMILES string of the molecule is C=CCO[C@H]1[C@@H](NC(C)=O)[C@H](OCc2ccccc2)O[C@H](COC(=O)c2ccccc2)[C@H]1O[C@@H]1O[C@H](COC(=O)c2ccccc2)[C@H](OC(=O)c2ccccc2)[C@H](OC(=O)c2ccccc2)[C@H]1OC(=O)c1ccccc1. The Labute approximate surface area is 438 Å². The Kier molecular flexibility index (Phi) is 19.0. The van der Waals surface area contributed by atoms with E-state index in [1.807, 2.05) is 30.3 Å². The Bertz CT molecular complexity index is 2860. The first-order chi connectivity index (χ1) is 37.1. The van der Waals surface area contributed by atoms with Crippen molar-refractivity contribution in [2.45, 2.75) is 74.9 Å². The molecular formula is C59H55NO16. The third-order valence-electron chi connectivity index (χ3n) is 12.1. The summed E-state index contributed by atoms with van der Waals surface area (Å²) in [5.74, 6) is -4.80. The maximum atomic E-state index is 14.4. The molecule has 0 unspecified atom stereocenters. The van der Waals surface area contributed by atoms with Crippen LogP contribution in [0.25, 0.3) is 0 Å². The molecule has 17 heteroatoms. The van der Waals surface area contributed by atoms with Crippen molar-refractivity contribution >= 4 is 35.8 Å². The molecule has 0 aliphatic carbocycles. The van der Waals surface area contributed by atoms with Gasteiger partial charge in [0.1, 0.15) is 43.7 Å². The Morgan fingerprint density at radius 2 is 0.842 bits per heavy atom. The van der Waals surface area contributed by atoms with Gasteiger partial charge >= 0.3 is 29.8 Å². The van der Waals surface area contributed by atoms with Crippen LogP contribution < -0.4 is 5.32 Å². The minimum absolute atomic E-state index is 0.00198. The standard InChI is InChI=1S/C59H55NO16/c1-3-34-67-50-47(60-38(2)61)58(70-35-39-22-10-4-11-23-39)71-45(36-68-53(62)40-24-12-5-13-25-40)48(50)76-59-52(75-57(66)44-32-20-9-21-33-44)51(74-56(65)43-30-18-8-19-31-43)49(73-55(64)42-28-16-7-17-29-42)46(72-59)37-69-54(63)41-26-14-6-15-27-41/h3-33,45-52,58-59H,1,34-37H2,2H3,(H,60,61)/t45-,46-,47-,48-,49+,50+,51+,52-,58-,59+/m1/s1. The lowest BCUT2D eigenvalue weighted by atomic mass is 9.94. The van der Waals surface area contributed by atoms with Gasteiger partial charge in [-0.05, 0) is 66.2 Å². The average molecular weight is 1030 g/mol. The number of carbonyl (C=O) groups excluding carboxylic acids is 6. The lowest BCUT2D eigenvalue weighted by molar-refractivity contribution is -0.349. The first-order valence-electron chi connectivity index (χ1n) is 24.4. The number of carbonyl (C=O) groups is 6. The van der Waals surface area contributed by atoms with Gasteiger partial charge in [0.2, 0.25) is 5.91 Å². The number of nitrogens with one attached hydrogen (secondary N) is 1. The van der Waals surface area contributed by atoms with Crippen LogP contribution in [0.5, 0.6) is 0 Å². The molecule has 0 saturated carbocycles. The second kappa shape index (κ2) is 26.8. The van der Waals surface area contributed by atoms with E-state index >= 15 is 0 Å². The van der Waals surface area contributed by atoms with E-state index in [1.165, 1.54) is 61.5 Å². The van der Waals surface area contributed by atoms with Crippen molar-refractivity contribution in [2.24, 2.45) is 0 Å². The van der Waals surface area contributed by atoms with Crippen molar-refractivity contribution in [3.05, 3.63) is 228 Å². The molecule has 0 aromatic heterocycles. The van der Waals surface area contributed by atoms with Crippen LogP contribution in [0, 0.1) is 0 Å². The summed E-state index contributed by atoms with van der Waals surface area (Å²) in [6.45, 7) is 3.82. The van der Waals surface area contributed by atoms with E-state index < -0.39 is 110 Å². The molecule has 76 heavy (non-hydrogen) atoms. The molecule has 17 nitrogen and oxygen atoms in total. The molecule has 0 radical (unpaired) electrons. The highest BCUT2D eigenvalue weighted by molar-refractivity contribution is 5.92. The topological polar surface area (TPSA) is 207 Å². The minimum Gasteiger partial charge on any atom is -0.459 e. The fourth-order valence-corrected chi connectivity index (χ4v) is 8.47. The summed E-state index contributed by atoms with van der Waals surface area (Å²) in [7, 11) is 0. The predicted octanol–water partition coefficient (Wildman–Crippen LogP) is 7.50. The molecule has 2 fully saturated rings. The highest BCUT2D eigenvalue weighted by Gasteiger charge is 2.57. The summed E-state index contributed by atoms with van der Waals surface area (Å²) in [4.78, 5) is 83.4. The summed E-state index contributed by atoms with van der Waals surface area (Å²) >= 11 is 0. The van der Waals surface area contributed by atoms with E-state index in [1.54, 1.807) is 103 Å². The van der Waals surface area contributed by atoms with Crippen LogP contribution in [0.3, 0.4) is 0 Å². The number of ether oxygens (including phenoxy) is 10. The van der Waals surface area contributed by atoms with Crippen LogP contribution in [-0.4, -0.2) is 117 Å². The number of benzene rings is 6. The maximum Gasteiger partial charge on any atom is 0.338 e. The molecule has 10 atom stereocenters. The van der Waals surface area contributed by atoms with Gasteiger partial charge in [0.25, 0.3) is 0 Å². The second-order valence-electron chi connectivity index (χ2n) is 17.4. The lowest BCUT2D eigenvalue weighted by Crippen LogP contribution is -2.69. The van der Waals surface area contributed by atoms with Crippen LogP contribution in [0.1, 0.15) is 64.3 Å². The summed E-state index contributed by atoms with van der Waals surface area (Å²) < 4.78 is 63.8. The highest BCUT2D eigenvalue weighted by Crippen LogP contribution is 2.36. The van der Waals surface area contributed by atoms with Gasteiger partial charge in [0.05, 0.1) is 41.0 Å². The quantitative estimate of drug-likeness (QED) is 0.0421. The van der Waals surface area contributed by atoms with E-state index in [0.29, 0.717) is 0 Å². The molecule has 6 aromatic carbocycles. The molecule has 2 aliphatic heterocycles. The zero-order chi connectivity index (χ0) is 53.2. The van der Waals surface area contributed by atoms with Crippen LogP contribution in [0.4, 0.5) is 0 Å². The second-order valence-corrected chi connectivity index (χ2v) is 17.4. The summed E-state index contributed by atoms with van der Waals surface area (Å²) in [5, 5.41) is 2.88. The molecule has 2 heterocycles. The highest BCUT2D eigenvalue weighted by atomic mass is 16.8. The number of hydrogen-bond donors (Lipinski definition) is 1. The maximum absolute atomic E-state index is 14.4. The molecule has 392 valence electrons. The third kappa shape index (κ3) is 14.3. The first kappa shape index (κ1) is 54.0. The van der Waals surface area contributed by atoms with Gasteiger partial charge in [0, 0.05) is 6.92 Å². The molecule has 0 spiro atoms. The fraction of sp³-hybridized carbons (Fsp3) is 0.254.